The van der Waals surface area contributed by atoms with Crippen molar-refractivity contribution in [2.45, 2.75) is 44.8 Å². The van der Waals surface area contributed by atoms with Crippen LogP contribution in [0.5, 0.6) is 0 Å². The maximum absolute atomic E-state index is 12.5. The summed E-state index contributed by atoms with van der Waals surface area (Å²) in [7, 11) is 1.68. The monoisotopic (exact) mass is 290 g/mol. The van der Waals surface area contributed by atoms with Crippen molar-refractivity contribution in [1.29, 1.82) is 0 Å². The molecular formula is C17H26N2O2. The van der Waals surface area contributed by atoms with E-state index in [1.165, 1.54) is 5.56 Å². The summed E-state index contributed by atoms with van der Waals surface area (Å²) in [4.78, 5) is 14.5. The van der Waals surface area contributed by atoms with Gasteiger partial charge in [-0.3, -0.25) is 10.1 Å². The molecule has 2 unspecified atom stereocenters. The molecule has 1 fully saturated rings. The minimum absolute atomic E-state index is 0.0568. The molecule has 1 amide bonds. The van der Waals surface area contributed by atoms with Crippen molar-refractivity contribution in [3.8, 4) is 0 Å². The first-order chi connectivity index (χ1) is 10.3. The van der Waals surface area contributed by atoms with Crippen LogP contribution in [0.2, 0.25) is 0 Å². The SMILES string of the molecule is CCCC1NC(CCc2ccccc2)C(=O)N1CCOC. The zero-order valence-corrected chi connectivity index (χ0v) is 13.0. The molecule has 1 aliphatic rings. The number of aryl methyl sites for hydroxylation is 1. The Bertz CT molecular complexity index is 436. The van der Waals surface area contributed by atoms with Gasteiger partial charge in [0.25, 0.3) is 0 Å². The van der Waals surface area contributed by atoms with Crippen LogP contribution >= 0.6 is 0 Å². The van der Waals surface area contributed by atoms with E-state index in [-0.39, 0.29) is 18.1 Å². The predicted molar refractivity (Wildman–Crippen MR) is 84.0 cm³/mol. The Hall–Kier alpha value is -1.39. The number of rotatable bonds is 8. The minimum Gasteiger partial charge on any atom is -0.383 e. The summed E-state index contributed by atoms with van der Waals surface area (Å²) in [6.07, 6.45) is 4.02. The van der Waals surface area contributed by atoms with Crippen molar-refractivity contribution in [2.24, 2.45) is 0 Å². The van der Waals surface area contributed by atoms with Gasteiger partial charge in [0.05, 0.1) is 18.8 Å². The standard InChI is InChI=1S/C17H26N2O2/c1-3-7-16-18-15(17(20)19(16)12-13-21-2)11-10-14-8-5-4-6-9-14/h4-6,8-9,15-16,18H,3,7,10-13H2,1-2H3. The largest absolute Gasteiger partial charge is 0.383 e. The van der Waals surface area contributed by atoms with Gasteiger partial charge in [-0.05, 0) is 24.8 Å². The average molecular weight is 290 g/mol. The smallest absolute Gasteiger partial charge is 0.241 e. The summed E-state index contributed by atoms with van der Waals surface area (Å²) < 4.78 is 5.12. The minimum atomic E-state index is -0.0568. The van der Waals surface area contributed by atoms with Crippen molar-refractivity contribution in [2.75, 3.05) is 20.3 Å². The number of methoxy groups -OCH3 is 1. The van der Waals surface area contributed by atoms with E-state index in [4.69, 9.17) is 4.74 Å². The second kappa shape index (κ2) is 8.15. The highest BCUT2D eigenvalue weighted by Crippen LogP contribution is 2.18. The van der Waals surface area contributed by atoms with Gasteiger partial charge < -0.3 is 9.64 Å². The number of hydrogen-bond acceptors (Lipinski definition) is 3. The van der Waals surface area contributed by atoms with Gasteiger partial charge in [-0.25, -0.2) is 0 Å². The Morgan fingerprint density at radius 2 is 2.00 bits per heavy atom. The molecule has 0 aliphatic carbocycles. The molecule has 21 heavy (non-hydrogen) atoms. The Morgan fingerprint density at radius 1 is 1.24 bits per heavy atom. The molecule has 1 heterocycles. The second-order valence-electron chi connectivity index (χ2n) is 5.57. The highest BCUT2D eigenvalue weighted by atomic mass is 16.5. The van der Waals surface area contributed by atoms with Gasteiger partial charge in [-0.15, -0.1) is 0 Å². The lowest BCUT2D eigenvalue weighted by Crippen LogP contribution is -2.39. The lowest BCUT2D eigenvalue weighted by Gasteiger charge is -2.23. The Kier molecular flexibility index (Phi) is 6.21. The van der Waals surface area contributed by atoms with Crippen molar-refractivity contribution in [3.63, 3.8) is 0 Å². The Morgan fingerprint density at radius 3 is 2.67 bits per heavy atom. The zero-order chi connectivity index (χ0) is 15.1. The van der Waals surface area contributed by atoms with Crippen LogP contribution < -0.4 is 5.32 Å². The fraction of sp³-hybridized carbons (Fsp3) is 0.588. The van der Waals surface area contributed by atoms with Crippen molar-refractivity contribution in [1.82, 2.24) is 10.2 Å². The summed E-state index contributed by atoms with van der Waals surface area (Å²) in [5, 5.41) is 3.49. The number of amides is 1. The van der Waals surface area contributed by atoms with E-state index in [9.17, 15) is 4.79 Å². The normalized spacial score (nSPS) is 22.0. The molecule has 1 aromatic carbocycles. The van der Waals surface area contributed by atoms with Crippen LogP contribution in [0.1, 0.15) is 31.7 Å². The van der Waals surface area contributed by atoms with Gasteiger partial charge in [0.15, 0.2) is 0 Å². The molecule has 0 saturated carbocycles. The van der Waals surface area contributed by atoms with E-state index in [2.05, 4.69) is 24.4 Å². The van der Waals surface area contributed by atoms with Crippen LogP contribution in [-0.4, -0.2) is 43.3 Å². The number of ether oxygens (including phenoxy) is 1. The van der Waals surface area contributed by atoms with Crippen LogP contribution in [-0.2, 0) is 16.0 Å². The Balaban J connectivity index is 1.92. The van der Waals surface area contributed by atoms with Gasteiger partial charge in [0.2, 0.25) is 5.91 Å². The third-order valence-corrected chi connectivity index (χ3v) is 4.01. The van der Waals surface area contributed by atoms with E-state index in [1.807, 2.05) is 23.1 Å². The molecule has 4 heteroatoms. The molecule has 0 spiro atoms. The van der Waals surface area contributed by atoms with Crippen LogP contribution in [0.4, 0.5) is 0 Å². The summed E-state index contributed by atoms with van der Waals surface area (Å²) >= 11 is 0. The topological polar surface area (TPSA) is 41.6 Å². The van der Waals surface area contributed by atoms with Crippen LogP contribution in [0.25, 0.3) is 0 Å². The van der Waals surface area contributed by atoms with E-state index >= 15 is 0 Å². The number of benzene rings is 1. The quantitative estimate of drug-likeness (QED) is 0.798. The zero-order valence-electron chi connectivity index (χ0n) is 13.0. The van der Waals surface area contributed by atoms with E-state index < -0.39 is 0 Å². The van der Waals surface area contributed by atoms with Gasteiger partial charge in [-0.1, -0.05) is 43.7 Å². The molecular weight excluding hydrogens is 264 g/mol. The van der Waals surface area contributed by atoms with Crippen LogP contribution in [0.15, 0.2) is 30.3 Å². The molecule has 1 aliphatic heterocycles. The third kappa shape index (κ3) is 4.29. The van der Waals surface area contributed by atoms with Crippen molar-refractivity contribution in [3.05, 3.63) is 35.9 Å². The molecule has 1 aromatic rings. The van der Waals surface area contributed by atoms with E-state index in [0.717, 1.165) is 25.7 Å². The van der Waals surface area contributed by atoms with Gasteiger partial charge >= 0.3 is 0 Å². The summed E-state index contributed by atoms with van der Waals surface area (Å²) in [5.41, 5.74) is 1.29. The fourth-order valence-electron chi connectivity index (χ4n) is 2.88. The summed E-state index contributed by atoms with van der Waals surface area (Å²) in [5.74, 6) is 0.224. The molecule has 4 nitrogen and oxygen atoms in total. The number of carbonyl (C=O) groups excluding carboxylic acids is 1. The molecule has 1 N–H and O–H groups in total. The number of nitrogens with one attached hydrogen (secondary N) is 1. The number of nitrogens with zero attached hydrogens (tertiary/aromatic N) is 1. The van der Waals surface area contributed by atoms with Gasteiger partial charge in [0.1, 0.15) is 0 Å². The number of carbonyl (C=O) groups is 1. The molecule has 1 saturated heterocycles. The molecule has 2 rings (SSSR count). The van der Waals surface area contributed by atoms with Crippen LogP contribution in [0, 0.1) is 0 Å². The number of hydrogen-bond donors (Lipinski definition) is 1. The predicted octanol–water partition coefficient (Wildman–Crippen LogP) is 2.19. The first-order valence-corrected chi connectivity index (χ1v) is 7.85. The molecule has 2 atom stereocenters. The third-order valence-electron chi connectivity index (χ3n) is 4.01. The lowest BCUT2D eigenvalue weighted by atomic mass is 10.1. The second-order valence-corrected chi connectivity index (χ2v) is 5.57. The van der Waals surface area contributed by atoms with Crippen LogP contribution in [0.3, 0.4) is 0 Å². The first-order valence-electron chi connectivity index (χ1n) is 7.85. The van der Waals surface area contributed by atoms with Gasteiger partial charge in [-0.2, -0.15) is 0 Å². The fourth-order valence-corrected chi connectivity index (χ4v) is 2.88. The summed E-state index contributed by atoms with van der Waals surface area (Å²) in [6.45, 7) is 3.42. The maximum atomic E-state index is 12.5. The highest BCUT2D eigenvalue weighted by Gasteiger charge is 2.37. The maximum Gasteiger partial charge on any atom is 0.241 e. The molecule has 0 radical (unpaired) electrons. The highest BCUT2D eigenvalue weighted by molar-refractivity contribution is 5.84. The first kappa shape index (κ1) is 16.0. The molecule has 116 valence electrons. The van der Waals surface area contributed by atoms with E-state index in [1.54, 1.807) is 7.11 Å². The average Bonchev–Trinajstić information content (AvgIpc) is 2.80. The Labute approximate surface area is 127 Å². The van der Waals surface area contributed by atoms with Crippen molar-refractivity contribution >= 4 is 5.91 Å². The van der Waals surface area contributed by atoms with Crippen molar-refractivity contribution < 1.29 is 9.53 Å². The summed E-state index contributed by atoms with van der Waals surface area (Å²) in [6, 6.07) is 10.3. The lowest BCUT2D eigenvalue weighted by molar-refractivity contribution is -0.130. The van der Waals surface area contributed by atoms with E-state index in [0.29, 0.717) is 13.2 Å². The molecule has 0 aromatic heterocycles. The van der Waals surface area contributed by atoms with Gasteiger partial charge in [0, 0.05) is 13.7 Å². The molecule has 0 bridgehead atoms.